The van der Waals surface area contributed by atoms with E-state index >= 15 is 0 Å². The number of ether oxygens (including phenoxy) is 1. The normalized spacial score (nSPS) is 14.0. The van der Waals surface area contributed by atoms with Gasteiger partial charge < -0.3 is 15.0 Å². The topological polar surface area (TPSA) is 98.1 Å². The van der Waals surface area contributed by atoms with Gasteiger partial charge >= 0.3 is 6.01 Å². The second-order valence-corrected chi connectivity index (χ2v) is 5.21. The van der Waals surface area contributed by atoms with Crippen molar-refractivity contribution in [1.29, 1.82) is 0 Å². The van der Waals surface area contributed by atoms with Gasteiger partial charge in [0, 0.05) is 25.5 Å². The van der Waals surface area contributed by atoms with Gasteiger partial charge in [-0.1, -0.05) is 0 Å². The van der Waals surface area contributed by atoms with Crippen molar-refractivity contribution < 1.29 is 9.53 Å². The first-order valence-electron chi connectivity index (χ1n) is 7.52. The zero-order valence-electron chi connectivity index (χ0n) is 13.0. The molecule has 1 fully saturated rings. The van der Waals surface area contributed by atoms with Crippen LogP contribution in [0.25, 0.3) is 0 Å². The number of hydrogen-bond acceptors (Lipinski definition) is 7. The van der Waals surface area contributed by atoms with Crippen LogP contribution >= 0.6 is 0 Å². The molecule has 122 valence electrons. The molecule has 23 heavy (non-hydrogen) atoms. The third kappa shape index (κ3) is 3.93. The number of carbonyl (C=O) groups is 1. The van der Waals surface area contributed by atoms with Crippen LogP contribution in [0.3, 0.4) is 0 Å². The average Bonchev–Trinajstić information content (AvgIpc) is 3.26. The van der Waals surface area contributed by atoms with Gasteiger partial charge in [0.2, 0.25) is 11.9 Å². The van der Waals surface area contributed by atoms with Crippen molar-refractivity contribution in [3.05, 3.63) is 24.3 Å². The SMILES string of the molecule is COc1nc(CNC(=O)Cn2cccn2)nc(N2CCCC2)n1. The van der Waals surface area contributed by atoms with Crippen molar-refractivity contribution in [2.75, 3.05) is 25.1 Å². The first-order valence-corrected chi connectivity index (χ1v) is 7.52. The Kier molecular flexibility index (Phi) is 4.65. The smallest absolute Gasteiger partial charge is 0.321 e. The summed E-state index contributed by atoms with van der Waals surface area (Å²) in [6.07, 6.45) is 5.62. The maximum Gasteiger partial charge on any atom is 0.321 e. The third-order valence-corrected chi connectivity index (χ3v) is 3.53. The molecule has 0 spiro atoms. The highest BCUT2D eigenvalue weighted by atomic mass is 16.5. The molecule has 0 aliphatic carbocycles. The summed E-state index contributed by atoms with van der Waals surface area (Å²) in [5.41, 5.74) is 0. The van der Waals surface area contributed by atoms with Gasteiger partial charge in [-0.15, -0.1) is 0 Å². The number of rotatable bonds is 6. The second-order valence-electron chi connectivity index (χ2n) is 5.21. The van der Waals surface area contributed by atoms with E-state index in [0.717, 1.165) is 25.9 Å². The zero-order valence-corrected chi connectivity index (χ0v) is 13.0. The van der Waals surface area contributed by atoms with Gasteiger partial charge in [0.05, 0.1) is 13.7 Å². The number of nitrogens with zero attached hydrogens (tertiary/aromatic N) is 6. The fourth-order valence-electron chi connectivity index (χ4n) is 2.39. The molecule has 9 heteroatoms. The number of anilines is 1. The lowest BCUT2D eigenvalue weighted by molar-refractivity contribution is -0.122. The Balaban J connectivity index is 1.64. The van der Waals surface area contributed by atoms with Crippen molar-refractivity contribution in [2.45, 2.75) is 25.9 Å². The molecule has 1 aliphatic heterocycles. The van der Waals surface area contributed by atoms with Crippen LogP contribution in [0.2, 0.25) is 0 Å². The van der Waals surface area contributed by atoms with Gasteiger partial charge in [0.25, 0.3) is 0 Å². The second kappa shape index (κ2) is 7.03. The molecular formula is C14H19N7O2. The highest BCUT2D eigenvalue weighted by molar-refractivity contribution is 5.75. The Morgan fingerprint density at radius 1 is 1.30 bits per heavy atom. The molecular weight excluding hydrogens is 298 g/mol. The Labute approximate surface area is 133 Å². The van der Waals surface area contributed by atoms with E-state index in [1.54, 1.807) is 23.1 Å². The Bertz CT molecular complexity index is 653. The molecule has 0 radical (unpaired) electrons. The van der Waals surface area contributed by atoms with E-state index in [1.807, 2.05) is 0 Å². The monoisotopic (exact) mass is 317 g/mol. The molecule has 9 nitrogen and oxygen atoms in total. The summed E-state index contributed by atoms with van der Waals surface area (Å²) in [5.74, 6) is 0.925. The summed E-state index contributed by atoms with van der Waals surface area (Å²) in [5, 5.41) is 6.77. The predicted octanol–water partition coefficient (Wildman–Crippen LogP) is -0.00670. The Morgan fingerprint density at radius 3 is 2.83 bits per heavy atom. The summed E-state index contributed by atoms with van der Waals surface area (Å²) < 4.78 is 6.69. The van der Waals surface area contributed by atoms with E-state index in [0.29, 0.717) is 11.8 Å². The number of methoxy groups -OCH3 is 1. The van der Waals surface area contributed by atoms with E-state index in [9.17, 15) is 4.79 Å². The minimum absolute atomic E-state index is 0.157. The minimum Gasteiger partial charge on any atom is -0.467 e. The van der Waals surface area contributed by atoms with Gasteiger partial charge in [0.1, 0.15) is 6.54 Å². The van der Waals surface area contributed by atoms with Crippen LogP contribution in [0.4, 0.5) is 5.95 Å². The fraction of sp³-hybridized carbons (Fsp3) is 0.500. The van der Waals surface area contributed by atoms with Crippen LogP contribution in [0.15, 0.2) is 18.5 Å². The summed E-state index contributed by atoms with van der Waals surface area (Å²) in [7, 11) is 1.52. The number of hydrogen-bond donors (Lipinski definition) is 1. The van der Waals surface area contributed by atoms with Gasteiger partial charge in [0.15, 0.2) is 5.82 Å². The van der Waals surface area contributed by atoms with Crippen molar-refractivity contribution in [3.63, 3.8) is 0 Å². The largest absolute Gasteiger partial charge is 0.467 e. The molecule has 0 atom stereocenters. The van der Waals surface area contributed by atoms with Crippen LogP contribution in [0.1, 0.15) is 18.7 Å². The van der Waals surface area contributed by atoms with Crippen LogP contribution < -0.4 is 15.0 Å². The lowest BCUT2D eigenvalue weighted by Crippen LogP contribution is -2.29. The first-order chi connectivity index (χ1) is 11.2. The molecule has 3 rings (SSSR count). The molecule has 2 aromatic rings. The first kappa shape index (κ1) is 15.2. The van der Waals surface area contributed by atoms with Gasteiger partial charge in [-0.3, -0.25) is 9.48 Å². The van der Waals surface area contributed by atoms with Crippen LogP contribution in [-0.2, 0) is 17.9 Å². The van der Waals surface area contributed by atoms with E-state index in [1.165, 1.54) is 7.11 Å². The number of amides is 1. The number of nitrogens with one attached hydrogen (secondary N) is 1. The maximum absolute atomic E-state index is 11.9. The van der Waals surface area contributed by atoms with Gasteiger partial charge in [-0.05, 0) is 18.9 Å². The Morgan fingerprint density at radius 2 is 2.13 bits per heavy atom. The van der Waals surface area contributed by atoms with E-state index < -0.39 is 0 Å². The quantitative estimate of drug-likeness (QED) is 0.800. The summed E-state index contributed by atoms with van der Waals surface area (Å²) in [6.45, 7) is 2.24. The molecule has 1 N–H and O–H groups in total. The highest BCUT2D eigenvalue weighted by Crippen LogP contribution is 2.17. The lowest BCUT2D eigenvalue weighted by Gasteiger charge is -2.16. The fourth-order valence-corrected chi connectivity index (χ4v) is 2.39. The molecule has 0 unspecified atom stereocenters. The van der Waals surface area contributed by atoms with Crippen molar-refractivity contribution in [3.8, 4) is 6.01 Å². The number of aromatic nitrogens is 5. The van der Waals surface area contributed by atoms with Crippen molar-refractivity contribution in [1.82, 2.24) is 30.0 Å². The van der Waals surface area contributed by atoms with Crippen LogP contribution in [-0.4, -0.2) is 50.8 Å². The standard InChI is InChI=1S/C14H19N7O2/c1-23-14-18-11(17-13(19-14)20-6-2-3-7-20)9-15-12(22)10-21-8-4-5-16-21/h4-5,8H,2-3,6-7,9-10H2,1H3,(H,15,22). The summed E-state index contributed by atoms with van der Waals surface area (Å²) >= 11 is 0. The van der Waals surface area contributed by atoms with E-state index in [-0.39, 0.29) is 25.0 Å². The van der Waals surface area contributed by atoms with Gasteiger partial charge in [-0.25, -0.2) is 0 Å². The van der Waals surface area contributed by atoms with Gasteiger partial charge in [-0.2, -0.15) is 20.1 Å². The number of carbonyl (C=O) groups excluding carboxylic acids is 1. The molecule has 1 saturated heterocycles. The van der Waals surface area contributed by atoms with Crippen LogP contribution in [0.5, 0.6) is 6.01 Å². The molecule has 0 saturated carbocycles. The molecule has 3 heterocycles. The average molecular weight is 317 g/mol. The summed E-state index contributed by atoms with van der Waals surface area (Å²) in [6, 6.07) is 2.03. The molecule has 2 aromatic heterocycles. The molecule has 0 aromatic carbocycles. The minimum atomic E-state index is -0.157. The zero-order chi connectivity index (χ0) is 16.1. The highest BCUT2D eigenvalue weighted by Gasteiger charge is 2.17. The molecule has 0 bridgehead atoms. The molecule has 1 aliphatic rings. The predicted molar refractivity (Wildman–Crippen MR) is 81.9 cm³/mol. The van der Waals surface area contributed by atoms with Crippen molar-refractivity contribution >= 4 is 11.9 Å². The molecule has 1 amide bonds. The lowest BCUT2D eigenvalue weighted by atomic mass is 10.4. The maximum atomic E-state index is 11.9. The Hall–Kier alpha value is -2.71. The van der Waals surface area contributed by atoms with E-state index in [2.05, 4.69) is 30.3 Å². The van der Waals surface area contributed by atoms with E-state index in [4.69, 9.17) is 4.74 Å². The summed E-state index contributed by atoms with van der Waals surface area (Å²) in [4.78, 5) is 26.9. The van der Waals surface area contributed by atoms with Crippen molar-refractivity contribution in [2.24, 2.45) is 0 Å². The third-order valence-electron chi connectivity index (χ3n) is 3.53. The van der Waals surface area contributed by atoms with Crippen LogP contribution in [0, 0.1) is 0 Å².